The highest BCUT2D eigenvalue weighted by Crippen LogP contribution is 2.24. The van der Waals surface area contributed by atoms with Crippen LogP contribution >= 0.6 is 11.6 Å². The van der Waals surface area contributed by atoms with Crippen molar-refractivity contribution >= 4 is 23.3 Å². The Balaban J connectivity index is 1.97. The summed E-state index contributed by atoms with van der Waals surface area (Å²) in [5.41, 5.74) is 0. The van der Waals surface area contributed by atoms with Gasteiger partial charge in [-0.3, -0.25) is 4.79 Å². The molecule has 6 nitrogen and oxygen atoms in total. The van der Waals surface area contributed by atoms with Crippen molar-refractivity contribution in [3.8, 4) is 5.88 Å². The lowest BCUT2D eigenvalue weighted by Crippen LogP contribution is -2.44. The number of carbonyl (C=O) groups excluding carboxylic acids is 1. The average Bonchev–Trinajstić information content (AvgIpc) is 2.53. The summed E-state index contributed by atoms with van der Waals surface area (Å²) in [5, 5.41) is 0. The molecule has 2 heterocycles. The number of piperidine rings is 1. The Morgan fingerprint density at radius 2 is 2.23 bits per heavy atom. The van der Waals surface area contributed by atoms with Gasteiger partial charge in [0.1, 0.15) is 6.10 Å². The highest BCUT2D eigenvalue weighted by atomic mass is 35.5. The highest BCUT2D eigenvalue weighted by molar-refractivity contribution is 6.17. The van der Waals surface area contributed by atoms with E-state index in [-0.39, 0.29) is 12.0 Å². The van der Waals surface area contributed by atoms with E-state index in [1.165, 1.54) is 0 Å². The molecule has 1 atom stereocenters. The van der Waals surface area contributed by atoms with Crippen molar-refractivity contribution in [3.63, 3.8) is 0 Å². The number of hydrogen-bond acceptors (Lipinski definition) is 5. The molecule has 7 heteroatoms. The topological polar surface area (TPSA) is 58.6 Å². The Kier molecular flexibility index (Phi) is 6.24. The molecule has 0 N–H and O–H groups in total. The van der Waals surface area contributed by atoms with Crippen molar-refractivity contribution in [2.24, 2.45) is 0 Å². The van der Waals surface area contributed by atoms with Gasteiger partial charge < -0.3 is 14.5 Å². The van der Waals surface area contributed by atoms with Crippen LogP contribution in [-0.2, 0) is 4.79 Å². The third kappa shape index (κ3) is 4.47. The third-order valence-electron chi connectivity index (χ3n) is 3.60. The Hall–Kier alpha value is -1.56. The SMILES string of the molecule is CN(C)c1nccnc1OC1CCCN(C(=O)CCCCl)C1. The van der Waals surface area contributed by atoms with Gasteiger partial charge in [-0.2, -0.15) is 0 Å². The fourth-order valence-electron chi connectivity index (χ4n) is 2.50. The standard InChI is InChI=1S/C15H23ClN4O2/c1-19(2)14-15(18-9-8-17-14)22-12-5-4-10-20(11-12)13(21)6-3-7-16/h8-9,12H,3-7,10-11H2,1-2H3. The molecule has 1 aliphatic heterocycles. The summed E-state index contributed by atoms with van der Waals surface area (Å²) in [6.07, 6.45) is 6.31. The molecular formula is C15H23ClN4O2. The first-order chi connectivity index (χ1) is 10.6. The minimum Gasteiger partial charge on any atom is -0.470 e. The molecule has 0 spiro atoms. The fourth-order valence-corrected chi connectivity index (χ4v) is 2.64. The minimum atomic E-state index is -0.0379. The largest absolute Gasteiger partial charge is 0.470 e. The van der Waals surface area contributed by atoms with E-state index in [1.54, 1.807) is 12.4 Å². The number of carbonyl (C=O) groups is 1. The lowest BCUT2D eigenvalue weighted by molar-refractivity contribution is -0.133. The molecule has 1 amide bonds. The van der Waals surface area contributed by atoms with Gasteiger partial charge in [0.05, 0.1) is 6.54 Å². The van der Waals surface area contributed by atoms with Gasteiger partial charge in [-0.25, -0.2) is 9.97 Å². The molecule has 1 saturated heterocycles. The zero-order valence-electron chi connectivity index (χ0n) is 13.2. The van der Waals surface area contributed by atoms with Gasteiger partial charge in [-0.15, -0.1) is 11.6 Å². The molecule has 0 saturated carbocycles. The number of anilines is 1. The van der Waals surface area contributed by atoms with Crippen LogP contribution in [0.3, 0.4) is 0 Å². The smallest absolute Gasteiger partial charge is 0.257 e. The molecule has 2 rings (SSSR count). The number of halogens is 1. The summed E-state index contributed by atoms with van der Waals surface area (Å²) >= 11 is 5.65. The van der Waals surface area contributed by atoms with E-state index in [4.69, 9.17) is 16.3 Å². The number of ether oxygens (including phenoxy) is 1. The molecule has 1 fully saturated rings. The zero-order chi connectivity index (χ0) is 15.9. The number of rotatable bonds is 6. The van der Waals surface area contributed by atoms with Crippen LogP contribution in [0.5, 0.6) is 5.88 Å². The first-order valence-electron chi connectivity index (χ1n) is 7.60. The Labute approximate surface area is 136 Å². The highest BCUT2D eigenvalue weighted by Gasteiger charge is 2.25. The van der Waals surface area contributed by atoms with E-state index in [0.717, 1.165) is 25.8 Å². The predicted molar refractivity (Wildman–Crippen MR) is 86.5 cm³/mol. The number of aromatic nitrogens is 2. The quantitative estimate of drug-likeness (QED) is 0.748. The maximum Gasteiger partial charge on any atom is 0.257 e. The van der Waals surface area contributed by atoms with Crippen molar-refractivity contribution in [2.45, 2.75) is 31.8 Å². The molecule has 1 aromatic heterocycles. The maximum absolute atomic E-state index is 12.1. The summed E-state index contributed by atoms with van der Waals surface area (Å²) in [5.74, 6) is 1.90. The molecule has 0 bridgehead atoms. The number of amides is 1. The second-order valence-corrected chi connectivity index (χ2v) is 5.97. The van der Waals surface area contributed by atoms with Crippen LogP contribution in [0.25, 0.3) is 0 Å². The maximum atomic E-state index is 12.1. The monoisotopic (exact) mass is 326 g/mol. The summed E-state index contributed by atoms with van der Waals surface area (Å²) in [6.45, 7) is 1.40. The van der Waals surface area contributed by atoms with Crippen LogP contribution in [0.4, 0.5) is 5.82 Å². The fraction of sp³-hybridized carbons (Fsp3) is 0.667. The van der Waals surface area contributed by atoms with Crippen molar-refractivity contribution in [1.82, 2.24) is 14.9 Å². The molecule has 0 radical (unpaired) electrons. The Morgan fingerprint density at radius 1 is 1.45 bits per heavy atom. The van der Waals surface area contributed by atoms with E-state index >= 15 is 0 Å². The van der Waals surface area contributed by atoms with Crippen molar-refractivity contribution in [3.05, 3.63) is 12.4 Å². The lowest BCUT2D eigenvalue weighted by Gasteiger charge is -2.33. The second-order valence-electron chi connectivity index (χ2n) is 5.59. The van der Waals surface area contributed by atoms with Gasteiger partial charge in [0, 0.05) is 45.3 Å². The Morgan fingerprint density at radius 3 is 2.95 bits per heavy atom. The number of alkyl halides is 1. The summed E-state index contributed by atoms with van der Waals surface area (Å²) in [7, 11) is 3.81. The molecule has 122 valence electrons. The van der Waals surface area contributed by atoms with E-state index in [2.05, 4.69) is 9.97 Å². The van der Waals surface area contributed by atoms with Gasteiger partial charge in [-0.05, 0) is 19.3 Å². The summed E-state index contributed by atoms with van der Waals surface area (Å²) in [4.78, 5) is 24.4. The van der Waals surface area contributed by atoms with Crippen LogP contribution in [0, 0.1) is 0 Å². The molecule has 1 aliphatic rings. The predicted octanol–water partition coefficient (Wildman–Crippen LogP) is 1.93. The molecule has 22 heavy (non-hydrogen) atoms. The van der Waals surface area contributed by atoms with Crippen molar-refractivity contribution in [2.75, 3.05) is 38.0 Å². The molecule has 1 unspecified atom stereocenters. The van der Waals surface area contributed by atoms with E-state index in [1.807, 2.05) is 23.9 Å². The van der Waals surface area contributed by atoms with Crippen LogP contribution in [0.15, 0.2) is 12.4 Å². The van der Waals surface area contributed by atoms with Crippen molar-refractivity contribution in [1.29, 1.82) is 0 Å². The van der Waals surface area contributed by atoms with Crippen LogP contribution in [0.2, 0.25) is 0 Å². The van der Waals surface area contributed by atoms with Crippen LogP contribution in [0.1, 0.15) is 25.7 Å². The van der Waals surface area contributed by atoms with Gasteiger partial charge in [0.15, 0.2) is 5.82 Å². The molecule has 1 aromatic rings. The second kappa shape index (κ2) is 8.17. The van der Waals surface area contributed by atoms with E-state index < -0.39 is 0 Å². The van der Waals surface area contributed by atoms with E-state index in [0.29, 0.717) is 30.5 Å². The zero-order valence-corrected chi connectivity index (χ0v) is 13.9. The average molecular weight is 327 g/mol. The number of likely N-dealkylation sites (tertiary alicyclic amines) is 1. The van der Waals surface area contributed by atoms with Gasteiger partial charge >= 0.3 is 0 Å². The molecular weight excluding hydrogens is 304 g/mol. The van der Waals surface area contributed by atoms with E-state index in [9.17, 15) is 4.79 Å². The van der Waals surface area contributed by atoms with Crippen LogP contribution in [-0.4, -0.2) is 59.9 Å². The summed E-state index contributed by atoms with van der Waals surface area (Å²) < 4.78 is 6.00. The minimum absolute atomic E-state index is 0.0379. The Bertz CT molecular complexity index is 498. The first kappa shape index (κ1) is 16.8. The lowest BCUT2D eigenvalue weighted by atomic mass is 10.1. The number of hydrogen-bond donors (Lipinski definition) is 0. The third-order valence-corrected chi connectivity index (χ3v) is 3.87. The number of nitrogens with zero attached hydrogens (tertiary/aromatic N) is 4. The van der Waals surface area contributed by atoms with Crippen molar-refractivity contribution < 1.29 is 9.53 Å². The van der Waals surface area contributed by atoms with Crippen LogP contribution < -0.4 is 9.64 Å². The van der Waals surface area contributed by atoms with Gasteiger partial charge in [-0.1, -0.05) is 0 Å². The normalized spacial score (nSPS) is 18.1. The first-order valence-corrected chi connectivity index (χ1v) is 8.14. The molecule has 0 aliphatic carbocycles. The summed E-state index contributed by atoms with van der Waals surface area (Å²) in [6, 6.07) is 0. The van der Waals surface area contributed by atoms with Gasteiger partial charge in [0.25, 0.3) is 5.88 Å². The molecule has 0 aromatic carbocycles. The van der Waals surface area contributed by atoms with Gasteiger partial charge in [0.2, 0.25) is 5.91 Å².